The maximum Gasteiger partial charge on any atom is 0.264 e. The van der Waals surface area contributed by atoms with E-state index in [0.29, 0.717) is 6.04 Å². The average Bonchev–Trinajstić information content (AvgIpc) is 3.16. The van der Waals surface area contributed by atoms with Crippen LogP contribution in [0.15, 0.2) is 0 Å². The maximum atomic E-state index is 12.0. The Morgan fingerprint density at radius 1 is 1.25 bits per heavy atom. The lowest BCUT2D eigenvalue weighted by Gasteiger charge is -2.28. The van der Waals surface area contributed by atoms with Gasteiger partial charge in [0.05, 0.1) is 12.9 Å². The second kappa shape index (κ2) is 6.43. The smallest absolute Gasteiger partial charge is 0.264 e. The van der Waals surface area contributed by atoms with E-state index in [-0.39, 0.29) is 24.3 Å². The van der Waals surface area contributed by atoms with Crippen molar-refractivity contribution in [2.24, 2.45) is 17.8 Å². The minimum atomic E-state index is -3.40. The molecule has 5 nitrogen and oxygen atoms in total. The molecule has 2 rings (SSSR count). The van der Waals surface area contributed by atoms with Gasteiger partial charge in [0, 0.05) is 12.0 Å². The summed E-state index contributed by atoms with van der Waals surface area (Å²) in [6.45, 7) is 2.36. The van der Waals surface area contributed by atoms with Crippen molar-refractivity contribution in [2.45, 2.75) is 51.5 Å². The van der Waals surface area contributed by atoms with Crippen molar-refractivity contribution in [3.8, 4) is 0 Å². The highest BCUT2D eigenvalue weighted by atomic mass is 32.2. The molecule has 2 saturated carbocycles. The van der Waals surface area contributed by atoms with Gasteiger partial charge in [-0.2, -0.15) is 8.42 Å². The molecule has 1 N–H and O–H groups in total. The maximum absolute atomic E-state index is 12.0. The predicted octanol–water partition coefficient (Wildman–Crippen LogP) is 1.68. The molecule has 2 fully saturated rings. The van der Waals surface area contributed by atoms with Gasteiger partial charge in [-0.25, -0.2) is 0 Å². The third-order valence-corrected chi connectivity index (χ3v) is 5.09. The SMILES string of the molecule is CC[C@H]1CC[C@H](NC(=O)[C@@H]2C[C@H]2COS(C)(=O)=O)CC1. The predicted molar refractivity (Wildman–Crippen MR) is 76.6 cm³/mol. The van der Waals surface area contributed by atoms with Crippen LogP contribution in [0.5, 0.6) is 0 Å². The summed E-state index contributed by atoms with van der Waals surface area (Å²) < 4.78 is 26.5. The van der Waals surface area contributed by atoms with E-state index in [1.165, 1.54) is 19.3 Å². The molecule has 0 bridgehead atoms. The van der Waals surface area contributed by atoms with Gasteiger partial charge in [0.2, 0.25) is 5.91 Å². The lowest BCUT2D eigenvalue weighted by atomic mass is 9.84. The van der Waals surface area contributed by atoms with Crippen molar-refractivity contribution in [1.82, 2.24) is 5.32 Å². The lowest BCUT2D eigenvalue weighted by molar-refractivity contribution is -0.123. The van der Waals surface area contributed by atoms with Crippen LogP contribution in [-0.4, -0.2) is 33.2 Å². The normalized spacial score (nSPS) is 33.7. The van der Waals surface area contributed by atoms with Crippen LogP contribution in [0, 0.1) is 17.8 Å². The first-order valence-corrected chi connectivity index (χ1v) is 9.35. The number of hydrogen-bond acceptors (Lipinski definition) is 4. The van der Waals surface area contributed by atoms with Gasteiger partial charge in [-0.1, -0.05) is 13.3 Å². The van der Waals surface area contributed by atoms with Crippen LogP contribution in [0.4, 0.5) is 0 Å². The minimum Gasteiger partial charge on any atom is -0.353 e. The summed E-state index contributed by atoms with van der Waals surface area (Å²) >= 11 is 0. The Morgan fingerprint density at radius 3 is 2.45 bits per heavy atom. The van der Waals surface area contributed by atoms with E-state index in [0.717, 1.165) is 31.4 Å². The largest absolute Gasteiger partial charge is 0.353 e. The molecule has 0 unspecified atom stereocenters. The molecule has 2 aliphatic carbocycles. The molecule has 0 radical (unpaired) electrons. The first kappa shape index (κ1) is 15.8. The van der Waals surface area contributed by atoms with Crippen LogP contribution in [0.1, 0.15) is 45.4 Å². The Balaban J connectivity index is 1.67. The van der Waals surface area contributed by atoms with Gasteiger partial charge in [0.15, 0.2) is 0 Å². The second-order valence-corrected chi connectivity index (χ2v) is 7.87. The fraction of sp³-hybridized carbons (Fsp3) is 0.929. The van der Waals surface area contributed by atoms with E-state index >= 15 is 0 Å². The van der Waals surface area contributed by atoms with Gasteiger partial charge in [0.1, 0.15) is 0 Å². The topological polar surface area (TPSA) is 72.5 Å². The third kappa shape index (κ3) is 4.74. The van der Waals surface area contributed by atoms with E-state index in [1.54, 1.807) is 0 Å². The van der Waals surface area contributed by atoms with Gasteiger partial charge < -0.3 is 5.32 Å². The highest BCUT2D eigenvalue weighted by Gasteiger charge is 2.44. The van der Waals surface area contributed by atoms with Crippen molar-refractivity contribution in [2.75, 3.05) is 12.9 Å². The molecule has 0 aromatic rings. The van der Waals surface area contributed by atoms with E-state index in [9.17, 15) is 13.2 Å². The van der Waals surface area contributed by atoms with Crippen molar-refractivity contribution in [3.05, 3.63) is 0 Å². The van der Waals surface area contributed by atoms with Crippen LogP contribution in [0.2, 0.25) is 0 Å². The Bertz CT molecular complexity index is 440. The summed E-state index contributed by atoms with van der Waals surface area (Å²) in [6, 6.07) is 0.308. The molecule has 0 spiro atoms. The molecular weight excluding hydrogens is 278 g/mol. The fourth-order valence-corrected chi connectivity index (χ4v) is 3.41. The lowest BCUT2D eigenvalue weighted by Crippen LogP contribution is -2.38. The quantitative estimate of drug-likeness (QED) is 0.758. The Morgan fingerprint density at radius 2 is 1.90 bits per heavy atom. The molecule has 116 valence electrons. The molecule has 0 aromatic carbocycles. The molecule has 2 atom stereocenters. The number of carbonyl (C=O) groups excluding carboxylic acids is 1. The summed E-state index contributed by atoms with van der Waals surface area (Å²) in [5, 5.41) is 3.11. The van der Waals surface area contributed by atoms with Crippen molar-refractivity contribution in [3.63, 3.8) is 0 Å². The Labute approximate surface area is 121 Å². The van der Waals surface area contributed by atoms with Gasteiger partial charge in [0.25, 0.3) is 10.1 Å². The summed E-state index contributed by atoms with van der Waals surface area (Å²) in [7, 11) is -3.40. The van der Waals surface area contributed by atoms with Crippen molar-refractivity contribution in [1.29, 1.82) is 0 Å². The Hall–Kier alpha value is -0.620. The summed E-state index contributed by atoms with van der Waals surface area (Å²) in [5.74, 6) is 0.907. The van der Waals surface area contributed by atoms with E-state index in [4.69, 9.17) is 4.18 Å². The first-order valence-electron chi connectivity index (χ1n) is 7.53. The molecule has 0 aliphatic heterocycles. The van der Waals surface area contributed by atoms with Gasteiger partial charge >= 0.3 is 0 Å². The summed E-state index contributed by atoms with van der Waals surface area (Å²) in [4.78, 5) is 12.0. The number of nitrogens with one attached hydrogen (secondary N) is 1. The van der Waals surface area contributed by atoms with E-state index < -0.39 is 10.1 Å². The molecule has 1 amide bonds. The standard InChI is InChI=1S/C14H25NO4S/c1-3-10-4-6-12(7-5-10)15-14(16)13-8-11(13)9-19-20(2,17)18/h10-13H,3-9H2,1-2H3,(H,15,16)/t10-,11-,12-,13+/m0/s1. The molecule has 0 aromatic heterocycles. The second-order valence-electron chi connectivity index (χ2n) is 6.23. The van der Waals surface area contributed by atoms with Gasteiger partial charge in [-0.3, -0.25) is 8.98 Å². The fourth-order valence-electron chi connectivity index (χ4n) is 2.99. The monoisotopic (exact) mass is 303 g/mol. The van der Waals surface area contributed by atoms with Crippen LogP contribution >= 0.6 is 0 Å². The highest BCUT2D eigenvalue weighted by Crippen LogP contribution is 2.39. The first-order chi connectivity index (χ1) is 9.39. The van der Waals surface area contributed by atoms with Crippen LogP contribution in [-0.2, 0) is 19.1 Å². The molecule has 0 saturated heterocycles. The minimum absolute atomic E-state index is 0.0550. The Kier molecular flexibility index (Phi) is 5.07. The summed E-state index contributed by atoms with van der Waals surface area (Å²) in [6.07, 6.45) is 7.55. The van der Waals surface area contributed by atoms with Crippen molar-refractivity contribution >= 4 is 16.0 Å². The van der Waals surface area contributed by atoms with Crippen LogP contribution in [0.25, 0.3) is 0 Å². The zero-order valence-corrected chi connectivity index (χ0v) is 13.1. The molecule has 6 heteroatoms. The zero-order valence-electron chi connectivity index (χ0n) is 12.3. The average molecular weight is 303 g/mol. The van der Waals surface area contributed by atoms with Crippen LogP contribution in [0.3, 0.4) is 0 Å². The van der Waals surface area contributed by atoms with Gasteiger partial charge in [-0.15, -0.1) is 0 Å². The van der Waals surface area contributed by atoms with E-state index in [2.05, 4.69) is 12.2 Å². The number of rotatable bonds is 6. The van der Waals surface area contributed by atoms with E-state index in [1.807, 2.05) is 0 Å². The van der Waals surface area contributed by atoms with Gasteiger partial charge in [-0.05, 0) is 43.9 Å². The number of amides is 1. The molecule has 2 aliphatic rings. The van der Waals surface area contributed by atoms with Crippen LogP contribution < -0.4 is 5.32 Å². The molecule has 20 heavy (non-hydrogen) atoms. The highest BCUT2D eigenvalue weighted by molar-refractivity contribution is 7.85. The third-order valence-electron chi connectivity index (χ3n) is 4.53. The van der Waals surface area contributed by atoms with Crippen molar-refractivity contribution < 1.29 is 17.4 Å². The molecule has 0 heterocycles. The zero-order chi connectivity index (χ0) is 14.8. The number of hydrogen-bond donors (Lipinski definition) is 1. The summed E-state index contributed by atoms with van der Waals surface area (Å²) in [5.41, 5.74) is 0. The number of carbonyl (C=O) groups is 1. The molecular formula is C14H25NO4S.